The maximum Gasteiger partial charge on any atom is 0.243 e. The lowest BCUT2D eigenvalue weighted by molar-refractivity contribution is 0.459. The summed E-state index contributed by atoms with van der Waals surface area (Å²) >= 11 is 0. The molecule has 0 spiro atoms. The van der Waals surface area contributed by atoms with Crippen LogP contribution in [0.5, 0.6) is 0 Å². The highest BCUT2D eigenvalue weighted by molar-refractivity contribution is 7.89. The number of nitrogens with zero attached hydrogens (tertiary/aromatic N) is 2. The van der Waals surface area contributed by atoms with Crippen molar-refractivity contribution in [3.8, 4) is 6.07 Å². The van der Waals surface area contributed by atoms with Gasteiger partial charge in [-0.3, -0.25) is 0 Å². The number of nitrogens with two attached hydrogens (primary N) is 1. The lowest BCUT2D eigenvalue weighted by atomic mass is 9.89. The van der Waals surface area contributed by atoms with Gasteiger partial charge in [0, 0.05) is 19.0 Å². The molecular weight excluding hydrogens is 322 g/mol. The van der Waals surface area contributed by atoms with Crippen molar-refractivity contribution in [3.05, 3.63) is 65.7 Å². The lowest BCUT2D eigenvalue weighted by Gasteiger charge is -2.17. The van der Waals surface area contributed by atoms with Gasteiger partial charge >= 0.3 is 0 Å². The first kappa shape index (κ1) is 16.7. The molecule has 0 saturated carbocycles. The standard InChI is InChI=1S/C18H19N3O2S/c19-10-14-6-8-17(9-7-14)24(22,23)21-12-16(11-20)18(13-21)15-4-2-1-3-5-15/h1-9,16,18H,11-13,20H2/t16-,18+/m1/s1. The van der Waals surface area contributed by atoms with Crippen LogP contribution in [0, 0.1) is 17.2 Å². The normalized spacial score (nSPS) is 21.5. The summed E-state index contributed by atoms with van der Waals surface area (Å²) in [7, 11) is -3.58. The monoisotopic (exact) mass is 341 g/mol. The van der Waals surface area contributed by atoms with Gasteiger partial charge in [-0.05, 0) is 42.3 Å². The molecule has 6 heteroatoms. The fourth-order valence-electron chi connectivity index (χ4n) is 3.20. The quantitative estimate of drug-likeness (QED) is 0.920. The van der Waals surface area contributed by atoms with Gasteiger partial charge in [-0.15, -0.1) is 0 Å². The molecule has 2 aromatic rings. The van der Waals surface area contributed by atoms with Gasteiger partial charge in [-0.25, -0.2) is 8.42 Å². The molecule has 1 fully saturated rings. The van der Waals surface area contributed by atoms with Crippen LogP contribution in [0.2, 0.25) is 0 Å². The van der Waals surface area contributed by atoms with E-state index in [-0.39, 0.29) is 16.7 Å². The number of benzene rings is 2. The summed E-state index contributed by atoms with van der Waals surface area (Å²) in [5, 5.41) is 8.85. The minimum Gasteiger partial charge on any atom is -0.330 e. The number of hydrogen-bond donors (Lipinski definition) is 1. The maximum atomic E-state index is 12.9. The van der Waals surface area contributed by atoms with Gasteiger partial charge in [0.25, 0.3) is 0 Å². The summed E-state index contributed by atoms with van der Waals surface area (Å²) in [4.78, 5) is 0.214. The molecular formula is C18H19N3O2S. The second-order valence-electron chi connectivity index (χ2n) is 5.97. The van der Waals surface area contributed by atoms with Crippen molar-refractivity contribution in [2.24, 2.45) is 11.7 Å². The van der Waals surface area contributed by atoms with Gasteiger partial charge in [0.2, 0.25) is 10.0 Å². The second-order valence-corrected chi connectivity index (χ2v) is 7.91. The zero-order valence-corrected chi connectivity index (χ0v) is 14.0. The number of sulfonamides is 1. The minimum atomic E-state index is -3.58. The average Bonchev–Trinajstić information content (AvgIpc) is 3.08. The van der Waals surface area contributed by atoms with Crippen LogP contribution in [-0.4, -0.2) is 32.4 Å². The molecule has 5 nitrogen and oxygen atoms in total. The van der Waals surface area contributed by atoms with Crippen molar-refractivity contribution in [3.63, 3.8) is 0 Å². The van der Waals surface area contributed by atoms with Crippen LogP contribution in [0.4, 0.5) is 0 Å². The Morgan fingerprint density at radius 3 is 2.33 bits per heavy atom. The SMILES string of the molecule is N#Cc1ccc(S(=O)(=O)N2C[C@@H](CN)[C@H](c3ccccc3)C2)cc1. The Morgan fingerprint density at radius 2 is 1.75 bits per heavy atom. The minimum absolute atomic E-state index is 0.0977. The first-order valence-electron chi connectivity index (χ1n) is 7.81. The van der Waals surface area contributed by atoms with E-state index < -0.39 is 10.0 Å². The molecule has 0 aliphatic carbocycles. The van der Waals surface area contributed by atoms with E-state index >= 15 is 0 Å². The first-order chi connectivity index (χ1) is 11.6. The molecule has 0 aromatic heterocycles. The second kappa shape index (κ2) is 6.73. The van der Waals surface area contributed by atoms with E-state index in [0.29, 0.717) is 25.2 Å². The zero-order valence-electron chi connectivity index (χ0n) is 13.2. The van der Waals surface area contributed by atoms with Crippen LogP contribution in [0.1, 0.15) is 17.0 Å². The Kier molecular flexibility index (Phi) is 4.67. The van der Waals surface area contributed by atoms with E-state index in [0.717, 1.165) is 5.56 Å². The highest BCUT2D eigenvalue weighted by Crippen LogP contribution is 2.35. The summed E-state index contributed by atoms with van der Waals surface area (Å²) in [5.41, 5.74) is 7.44. The molecule has 0 unspecified atom stereocenters. The topological polar surface area (TPSA) is 87.2 Å². The van der Waals surface area contributed by atoms with E-state index in [4.69, 9.17) is 11.0 Å². The van der Waals surface area contributed by atoms with Gasteiger partial charge in [-0.1, -0.05) is 30.3 Å². The van der Waals surface area contributed by atoms with E-state index in [1.165, 1.54) is 28.6 Å². The molecule has 1 saturated heterocycles. The summed E-state index contributed by atoms with van der Waals surface area (Å²) in [6.07, 6.45) is 0. The predicted molar refractivity (Wildman–Crippen MR) is 91.6 cm³/mol. The molecule has 124 valence electrons. The van der Waals surface area contributed by atoms with Crippen LogP contribution >= 0.6 is 0 Å². The van der Waals surface area contributed by atoms with Crippen LogP contribution < -0.4 is 5.73 Å². The highest BCUT2D eigenvalue weighted by Gasteiger charge is 2.39. The molecule has 24 heavy (non-hydrogen) atoms. The van der Waals surface area contributed by atoms with E-state index in [9.17, 15) is 8.42 Å². The van der Waals surface area contributed by atoms with Crippen LogP contribution in [-0.2, 0) is 10.0 Å². The van der Waals surface area contributed by atoms with Crippen molar-refractivity contribution in [2.45, 2.75) is 10.8 Å². The Hall–Kier alpha value is -2.20. The zero-order chi connectivity index (χ0) is 17.2. The van der Waals surface area contributed by atoms with Crippen molar-refractivity contribution < 1.29 is 8.42 Å². The summed E-state index contributed by atoms with van der Waals surface area (Å²) in [5.74, 6) is 0.199. The Bertz CT molecular complexity index is 842. The van der Waals surface area contributed by atoms with Gasteiger partial charge < -0.3 is 5.73 Å². The first-order valence-corrected chi connectivity index (χ1v) is 9.25. The molecule has 0 radical (unpaired) electrons. The Labute approximate surface area is 142 Å². The van der Waals surface area contributed by atoms with Crippen LogP contribution in [0.25, 0.3) is 0 Å². The lowest BCUT2D eigenvalue weighted by Crippen LogP contribution is -2.30. The number of hydrogen-bond acceptors (Lipinski definition) is 4. The molecule has 2 atom stereocenters. The number of nitriles is 1. The molecule has 1 heterocycles. The van der Waals surface area contributed by atoms with Crippen LogP contribution in [0.15, 0.2) is 59.5 Å². The third-order valence-corrected chi connectivity index (χ3v) is 6.41. The fraction of sp³-hybridized carbons (Fsp3) is 0.278. The third-order valence-electron chi connectivity index (χ3n) is 4.56. The summed E-state index contributed by atoms with van der Waals surface area (Å²) in [6, 6.07) is 17.9. The maximum absolute atomic E-state index is 12.9. The smallest absolute Gasteiger partial charge is 0.243 e. The van der Waals surface area contributed by atoms with E-state index in [1.54, 1.807) is 0 Å². The largest absolute Gasteiger partial charge is 0.330 e. The molecule has 3 rings (SSSR count). The van der Waals surface area contributed by atoms with Crippen molar-refractivity contribution >= 4 is 10.0 Å². The predicted octanol–water partition coefficient (Wildman–Crippen LogP) is 1.92. The Morgan fingerprint density at radius 1 is 1.08 bits per heavy atom. The van der Waals surface area contributed by atoms with E-state index in [2.05, 4.69) is 0 Å². The van der Waals surface area contributed by atoms with Crippen LogP contribution in [0.3, 0.4) is 0 Å². The number of rotatable bonds is 4. The molecule has 1 aliphatic rings. The molecule has 0 amide bonds. The summed E-state index contributed by atoms with van der Waals surface area (Å²) in [6.45, 7) is 1.28. The fourth-order valence-corrected chi connectivity index (χ4v) is 4.72. The van der Waals surface area contributed by atoms with Gasteiger partial charge in [-0.2, -0.15) is 9.57 Å². The average molecular weight is 341 g/mol. The Balaban J connectivity index is 1.88. The van der Waals surface area contributed by atoms with Gasteiger partial charge in [0.05, 0.1) is 16.5 Å². The molecule has 0 bridgehead atoms. The molecule has 2 aromatic carbocycles. The van der Waals surface area contributed by atoms with Crippen molar-refractivity contribution in [1.82, 2.24) is 4.31 Å². The van der Waals surface area contributed by atoms with Gasteiger partial charge in [0.15, 0.2) is 0 Å². The van der Waals surface area contributed by atoms with Crippen molar-refractivity contribution in [1.29, 1.82) is 5.26 Å². The van der Waals surface area contributed by atoms with Crippen molar-refractivity contribution in [2.75, 3.05) is 19.6 Å². The molecule has 2 N–H and O–H groups in total. The van der Waals surface area contributed by atoms with Gasteiger partial charge in [0.1, 0.15) is 0 Å². The summed E-state index contributed by atoms with van der Waals surface area (Å²) < 4.78 is 27.3. The third kappa shape index (κ3) is 3.06. The molecule has 1 aliphatic heterocycles. The highest BCUT2D eigenvalue weighted by atomic mass is 32.2. The van der Waals surface area contributed by atoms with E-state index in [1.807, 2.05) is 36.4 Å².